The molecule has 0 saturated heterocycles. The van der Waals surface area contributed by atoms with Crippen LogP contribution in [0.25, 0.3) is 0 Å². The van der Waals surface area contributed by atoms with Gasteiger partial charge in [-0.25, -0.2) is 0 Å². The van der Waals surface area contributed by atoms with Gasteiger partial charge in [0.25, 0.3) is 0 Å². The molecular formula is C17H21NO3. The van der Waals surface area contributed by atoms with Gasteiger partial charge in [0.2, 0.25) is 5.91 Å². The van der Waals surface area contributed by atoms with Crippen molar-refractivity contribution in [3.8, 4) is 0 Å². The van der Waals surface area contributed by atoms with E-state index in [0.29, 0.717) is 11.8 Å². The maximum absolute atomic E-state index is 12.7. The van der Waals surface area contributed by atoms with Crippen LogP contribution in [0.5, 0.6) is 0 Å². The van der Waals surface area contributed by atoms with Crippen molar-refractivity contribution in [1.82, 2.24) is 4.90 Å². The number of benzene rings is 1. The summed E-state index contributed by atoms with van der Waals surface area (Å²) in [5.41, 5.74) is 2.65. The Morgan fingerprint density at radius 1 is 1.33 bits per heavy atom. The number of aryl methyl sites for hydroxylation is 1. The van der Waals surface area contributed by atoms with Gasteiger partial charge in [-0.05, 0) is 49.7 Å². The largest absolute Gasteiger partial charge is 0.480 e. The van der Waals surface area contributed by atoms with Crippen LogP contribution in [0.15, 0.2) is 24.3 Å². The normalized spacial score (nSPS) is 26.0. The SMILES string of the molecule is CC(C)N(CC(=O)O)C(=O)C1C2CCc3ccccc3C21. The van der Waals surface area contributed by atoms with E-state index in [9.17, 15) is 9.59 Å². The highest BCUT2D eigenvalue weighted by atomic mass is 16.4. The van der Waals surface area contributed by atoms with E-state index in [1.54, 1.807) is 0 Å². The van der Waals surface area contributed by atoms with E-state index in [-0.39, 0.29) is 24.4 Å². The molecule has 0 aromatic heterocycles. The highest BCUT2D eigenvalue weighted by molar-refractivity contribution is 5.87. The summed E-state index contributed by atoms with van der Waals surface area (Å²) in [6.07, 6.45) is 2.07. The number of carboxylic acids is 1. The Hall–Kier alpha value is -1.84. The molecule has 0 radical (unpaired) electrons. The summed E-state index contributed by atoms with van der Waals surface area (Å²) in [5, 5.41) is 9.01. The summed E-state index contributed by atoms with van der Waals surface area (Å²) < 4.78 is 0. The van der Waals surface area contributed by atoms with Crippen molar-refractivity contribution in [2.75, 3.05) is 6.54 Å². The number of fused-ring (bicyclic) bond motifs is 3. The molecule has 4 nitrogen and oxygen atoms in total. The molecule has 1 aromatic carbocycles. The van der Waals surface area contributed by atoms with Crippen LogP contribution in [0.2, 0.25) is 0 Å². The monoisotopic (exact) mass is 287 g/mol. The van der Waals surface area contributed by atoms with Crippen molar-refractivity contribution in [1.29, 1.82) is 0 Å². The first-order valence-electron chi connectivity index (χ1n) is 7.60. The number of amides is 1. The van der Waals surface area contributed by atoms with E-state index in [1.807, 2.05) is 26.0 Å². The minimum atomic E-state index is -0.943. The van der Waals surface area contributed by atoms with Crippen LogP contribution in [0.4, 0.5) is 0 Å². The predicted octanol–water partition coefficient (Wildman–Crippen LogP) is 2.28. The summed E-state index contributed by atoms with van der Waals surface area (Å²) in [6.45, 7) is 3.55. The first-order valence-corrected chi connectivity index (χ1v) is 7.60. The number of carboxylic acid groups (broad SMARTS) is 1. The number of aliphatic carboxylic acids is 1. The second kappa shape index (κ2) is 5.17. The first-order chi connectivity index (χ1) is 10.0. The number of nitrogens with zero attached hydrogens (tertiary/aromatic N) is 1. The number of carbonyl (C=O) groups excluding carboxylic acids is 1. The number of hydrogen-bond donors (Lipinski definition) is 1. The highest BCUT2D eigenvalue weighted by Gasteiger charge is 2.58. The summed E-state index contributed by atoms with van der Waals surface area (Å²) >= 11 is 0. The fraction of sp³-hybridized carbons (Fsp3) is 0.529. The zero-order valence-electron chi connectivity index (χ0n) is 12.5. The van der Waals surface area contributed by atoms with Gasteiger partial charge in [0.1, 0.15) is 6.54 Å². The minimum Gasteiger partial charge on any atom is -0.480 e. The summed E-state index contributed by atoms with van der Waals surface area (Å²) in [6, 6.07) is 8.26. The van der Waals surface area contributed by atoms with Gasteiger partial charge in [-0.15, -0.1) is 0 Å². The van der Waals surface area contributed by atoms with Crippen LogP contribution < -0.4 is 0 Å². The van der Waals surface area contributed by atoms with E-state index in [2.05, 4.69) is 12.1 Å². The number of rotatable bonds is 4. The summed E-state index contributed by atoms with van der Waals surface area (Å²) in [7, 11) is 0. The van der Waals surface area contributed by atoms with Gasteiger partial charge in [-0.2, -0.15) is 0 Å². The lowest BCUT2D eigenvalue weighted by Gasteiger charge is -2.25. The molecule has 2 aliphatic carbocycles. The van der Waals surface area contributed by atoms with Crippen molar-refractivity contribution in [3.63, 3.8) is 0 Å². The Morgan fingerprint density at radius 3 is 2.71 bits per heavy atom. The van der Waals surface area contributed by atoms with E-state index >= 15 is 0 Å². The zero-order valence-corrected chi connectivity index (χ0v) is 12.5. The molecule has 0 aliphatic heterocycles. The van der Waals surface area contributed by atoms with Crippen LogP contribution in [0.3, 0.4) is 0 Å². The van der Waals surface area contributed by atoms with E-state index in [1.165, 1.54) is 16.0 Å². The quantitative estimate of drug-likeness (QED) is 0.924. The Morgan fingerprint density at radius 2 is 2.05 bits per heavy atom. The molecule has 1 aromatic rings. The number of hydrogen-bond acceptors (Lipinski definition) is 2. The molecule has 1 fully saturated rings. The standard InChI is InChI=1S/C17H21NO3/c1-10(2)18(9-14(19)20)17(21)16-13-8-7-11-5-3-4-6-12(11)15(13)16/h3-6,10,13,15-16H,7-9H2,1-2H3,(H,19,20). The molecule has 1 N–H and O–H groups in total. The fourth-order valence-electron chi connectivity index (χ4n) is 3.76. The van der Waals surface area contributed by atoms with Crippen molar-refractivity contribution in [3.05, 3.63) is 35.4 Å². The molecule has 2 aliphatic rings. The maximum atomic E-state index is 12.7. The van der Waals surface area contributed by atoms with Gasteiger partial charge in [0.15, 0.2) is 0 Å². The second-order valence-corrected chi connectivity index (χ2v) is 6.41. The van der Waals surface area contributed by atoms with Crippen LogP contribution in [-0.4, -0.2) is 34.5 Å². The first kappa shape index (κ1) is 14.1. The van der Waals surface area contributed by atoms with E-state index in [0.717, 1.165) is 12.8 Å². The third-order valence-corrected chi connectivity index (χ3v) is 4.83. The number of carbonyl (C=O) groups is 2. The lowest BCUT2D eigenvalue weighted by atomic mass is 9.92. The van der Waals surface area contributed by atoms with Gasteiger partial charge in [-0.1, -0.05) is 24.3 Å². The minimum absolute atomic E-state index is 0.0131. The van der Waals surface area contributed by atoms with Crippen molar-refractivity contribution in [2.24, 2.45) is 11.8 Å². The average Bonchev–Trinajstić information content (AvgIpc) is 3.18. The molecule has 3 atom stereocenters. The molecule has 1 saturated carbocycles. The van der Waals surface area contributed by atoms with Gasteiger partial charge in [0.05, 0.1) is 0 Å². The molecule has 21 heavy (non-hydrogen) atoms. The third kappa shape index (κ3) is 2.43. The van der Waals surface area contributed by atoms with Gasteiger partial charge in [0, 0.05) is 12.0 Å². The van der Waals surface area contributed by atoms with Gasteiger partial charge < -0.3 is 10.0 Å². The maximum Gasteiger partial charge on any atom is 0.323 e. The van der Waals surface area contributed by atoms with Gasteiger partial charge in [-0.3, -0.25) is 9.59 Å². The topological polar surface area (TPSA) is 57.6 Å². The van der Waals surface area contributed by atoms with Gasteiger partial charge >= 0.3 is 5.97 Å². The molecule has 0 spiro atoms. The Balaban J connectivity index is 1.80. The molecule has 3 rings (SSSR count). The molecule has 0 heterocycles. The Bertz CT molecular complexity index is 581. The van der Waals surface area contributed by atoms with Crippen molar-refractivity contribution in [2.45, 2.75) is 38.6 Å². The van der Waals surface area contributed by atoms with Crippen LogP contribution >= 0.6 is 0 Å². The smallest absolute Gasteiger partial charge is 0.323 e. The predicted molar refractivity (Wildman–Crippen MR) is 79.0 cm³/mol. The molecule has 4 heteroatoms. The summed E-state index contributed by atoms with van der Waals surface area (Å²) in [5.74, 6) is -0.240. The Kier molecular flexibility index (Phi) is 3.47. The fourth-order valence-corrected chi connectivity index (χ4v) is 3.76. The van der Waals surface area contributed by atoms with Crippen molar-refractivity contribution < 1.29 is 14.7 Å². The van der Waals surface area contributed by atoms with E-state index in [4.69, 9.17) is 5.11 Å². The van der Waals surface area contributed by atoms with Crippen LogP contribution in [0.1, 0.15) is 37.3 Å². The molecule has 0 bridgehead atoms. The average molecular weight is 287 g/mol. The lowest BCUT2D eigenvalue weighted by molar-refractivity contribution is -0.146. The second-order valence-electron chi connectivity index (χ2n) is 6.41. The van der Waals surface area contributed by atoms with E-state index < -0.39 is 5.97 Å². The zero-order chi connectivity index (χ0) is 15.1. The van der Waals surface area contributed by atoms with Crippen LogP contribution in [0, 0.1) is 11.8 Å². The Labute approximate surface area is 124 Å². The molecule has 112 valence electrons. The lowest BCUT2D eigenvalue weighted by Crippen LogP contribution is -2.42. The molecular weight excluding hydrogens is 266 g/mol. The molecule has 1 amide bonds. The summed E-state index contributed by atoms with van der Waals surface area (Å²) in [4.78, 5) is 25.2. The van der Waals surface area contributed by atoms with Crippen molar-refractivity contribution >= 4 is 11.9 Å². The van der Waals surface area contributed by atoms with Crippen LogP contribution in [-0.2, 0) is 16.0 Å². The third-order valence-electron chi connectivity index (χ3n) is 4.83. The molecule has 3 unspecified atom stereocenters. The highest BCUT2D eigenvalue weighted by Crippen LogP contribution is 2.60.